The van der Waals surface area contributed by atoms with Crippen LogP contribution in [0.3, 0.4) is 0 Å². The summed E-state index contributed by atoms with van der Waals surface area (Å²) >= 11 is 0. The standard InChI is InChI=1S/C15H22O/c1-6-11-16-14-12(7-2)9-8-10-13(14)15(3,4)5/h7-10H,2,6,11H2,1,3-5H3. The molecule has 0 aromatic heterocycles. The van der Waals surface area contributed by atoms with Gasteiger partial charge in [0.25, 0.3) is 0 Å². The maximum atomic E-state index is 5.86. The Bertz CT molecular complexity index is 358. The maximum Gasteiger partial charge on any atom is 0.130 e. The van der Waals surface area contributed by atoms with Crippen molar-refractivity contribution >= 4 is 6.08 Å². The second-order valence-electron chi connectivity index (χ2n) is 5.03. The zero-order chi connectivity index (χ0) is 12.2. The second kappa shape index (κ2) is 5.20. The third kappa shape index (κ3) is 2.88. The van der Waals surface area contributed by atoms with Gasteiger partial charge in [-0.3, -0.25) is 0 Å². The first-order valence-electron chi connectivity index (χ1n) is 5.89. The van der Waals surface area contributed by atoms with Gasteiger partial charge in [0.1, 0.15) is 5.75 Å². The van der Waals surface area contributed by atoms with Gasteiger partial charge in [-0.15, -0.1) is 0 Å². The fraction of sp³-hybridized carbons (Fsp3) is 0.467. The van der Waals surface area contributed by atoms with Gasteiger partial charge in [-0.2, -0.15) is 0 Å². The molecule has 0 fully saturated rings. The van der Waals surface area contributed by atoms with Crippen LogP contribution in [0.1, 0.15) is 45.2 Å². The highest BCUT2D eigenvalue weighted by Crippen LogP contribution is 2.34. The van der Waals surface area contributed by atoms with Gasteiger partial charge in [0.2, 0.25) is 0 Å². The minimum Gasteiger partial charge on any atom is -0.493 e. The van der Waals surface area contributed by atoms with E-state index in [4.69, 9.17) is 4.74 Å². The van der Waals surface area contributed by atoms with E-state index in [1.54, 1.807) is 0 Å². The van der Waals surface area contributed by atoms with Crippen molar-refractivity contribution < 1.29 is 4.74 Å². The first-order valence-corrected chi connectivity index (χ1v) is 5.89. The Labute approximate surface area is 99.1 Å². The topological polar surface area (TPSA) is 9.23 Å². The molecule has 0 saturated heterocycles. The Balaban J connectivity index is 3.20. The molecule has 1 aromatic carbocycles. The Kier molecular flexibility index (Phi) is 4.17. The Hall–Kier alpha value is -1.24. The molecule has 1 nitrogen and oxygen atoms in total. The Morgan fingerprint density at radius 1 is 1.31 bits per heavy atom. The van der Waals surface area contributed by atoms with Crippen LogP contribution in [0.15, 0.2) is 24.8 Å². The molecule has 0 bridgehead atoms. The first-order chi connectivity index (χ1) is 7.50. The van der Waals surface area contributed by atoms with Gasteiger partial charge in [0.05, 0.1) is 6.61 Å². The molecule has 0 atom stereocenters. The molecule has 0 radical (unpaired) electrons. The predicted octanol–water partition coefficient (Wildman–Crippen LogP) is 4.42. The maximum absolute atomic E-state index is 5.86. The lowest BCUT2D eigenvalue weighted by Crippen LogP contribution is -2.14. The van der Waals surface area contributed by atoms with Gasteiger partial charge in [-0.1, -0.05) is 58.5 Å². The van der Waals surface area contributed by atoms with Gasteiger partial charge < -0.3 is 4.74 Å². The van der Waals surface area contributed by atoms with Crippen molar-refractivity contribution in [3.05, 3.63) is 35.9 Å². The monoisotopic (exact) mass is 218 g/mol. The zero-order valence-corrected chi connectivity index (χ0v) is 10.8. The molecular formula is C15H22O. The number of benzene rings is 1. The SMILES string of the molecule is C=Cc1cccc(C(C)(C)C)c1OCCC. The van der Waals surface area contributed by atoms with E-state index in [1.807, 2.05) is 12.1 Å². The van der Waals surface area contributed by atoms with Gasteiger partial charge in [-0.05, 0) is 11.8 Å². The van der Waals surface area contributed by atoms with Crippen LogP contribution >= 0.6 is 0 Å². The summed E-state index contributed by atoms with van der Waals surface area (Å²) in [4.78, 5) is 0. The third-order valence-corrected chi connectivity index (χ3v) is 2.52. The molecule has 0 amide bonds. The third-order valence-electron chi connectivity index (χ3n) is 2.52. The number of ether oxygens (including phenoxy) is 1. The van der Waals surface area contributed by atoms with Crippen LogP contribution in [0.2, 0.25) is 0 Å². The number of hydrogen-bond acceptors (Lipinski definition) is 1. The highest BCUT2D eigenvalue weighted by molar-refractivity contribution is 5.59. The smallest absolute Gasteiger partial charge is 0.130 e. The summed E-state index contributed by atoms with van der Waals surface area (Å²) in [6.45, 7) is 13.3. The Morgan fingerprint density at radius 3 is 2.50 bits per heavy atom. The van der Waals surface area contributed by atoms with Crippen molar-refractivity contribution in [2.45, 2.75) is 39.5 Å². The van der Waals surface area contributed by atoms with E-state index in [-0.39, 0.29) is 5.41 Å². The van der Waals surface area contributed by atoms with Crippen molar-refractivity contribution in [1.82, 2.24) is 0 Å². The van der Waals surface area contributed by atoms with Crippen LogP contribution in [0.5, 0.6) is 5.75 Å². The van der Waals surface area contributed by atoms with E-state index >= 15 is 0 Å². The largest absolute Gasteiger partial charge is 0.493 e. The van der Waals surface area contributed by atoms with Crippen molar-refractivity contribution in [2.75, 3.05) is 6.61 Å². The molecule has 1 aromatic rings. The lowest BCUT2D eigenvalue weighted by molar-refractivity contribution is 0.308. The number of para-hydroxylation sites is 1. The van der Waals surface area contributed by atoms with E-state index in [2.05, 4.69) is 46.4 Å². The summed E-state index contributed by atoms with van der Waals surface area (Å²) < 4.78 is 5.86. The average Bonchev–Trinajstić information content (AvgIpc) is 2.24. The second-order valence-corrected chi connectivity index (χ2v) is 5.03. The van der Waals surface area contributed by atoms with Crippen LogP contribution in [0, 0.1) is 0 Å². The molecule has 1 heteroatoms. The van der Waals surface area contributed by atoms with Crippen LogP contribution in [-0.4, -0.2) is 6.61 Å². The number of rotatable bonds is 4. The van der Waals surface area contributed by atoms with Crippen molar-refractivity contribution in [2.24, 2.45) is 0 Å². The van der Waals surface area contributed by atoms with Crippen molar-refractivity contribution in [1.29, 1.82) is 0 Å². The van der Waals surface area contributed by atoms with Crippen LogP contribution in [0.25, 0.3) is 6.08 Å². The summed E-state index contributed by atoms with van der Waals surface area (Å²) in [6, 6.07) is 6.25. The van der Waals surface area contributed by atoms with E-state index < -0.39 is 0 Å². The summed E-state index contributed by atoms with van der Waals surface area (Å²) in [5.74, 6) is 0.992. The van der Waals surface area contributed by atoms with E-state index in [1.165, 1.54) is 5.56 Å². The van der Waals surface area contributed by atoms with E-state index in [0.717, 1.165) is 24.3 Å². The molecular weight excluding hydrogens is 196 g/mol. The van der Waals surface area contributed by atoms with Gasteiger partial charge in [0.15, 0.2) is 0 Å². The normalized spacial score (nSPS) is 11.2. The molecule has 0 aliphatic rings. The van der Waals surface area contributed by atoms with E-state index in [9.17, 15) is 0 Å². The Morgan fingerprint density at radius 2 is 2.00 bits per heavy atom. The lowest BCUT2D eigenvalue weighted by atomic mass is 9.85. The van der Waals surface area contributed by atoms with E-state index in [0.29, 0.717) is 0 Å². The fourth-order valence-electron chi connectivity index (χ4n) is 1.67. The zero-order valence-electron chi connectivity index (χ0n) is 10.8. The average molecular weight is 218 g/mol. The molecule has 0 unspecified atom stereocenters. The summed E-state index contributed by atoms with van der Waals surface area (Å²) in [7, 11) is 0. The van der Waals surface area contributed by atoms with Crippen molar-refractivity contribution in [3.63, 3.8) is 0 Å². The summed E-state index contributed by atoms with van der Waals surface area (Å²) in [5, 5.41) is 0. The molecule has 0 spiro atoms. The van der Waals surface area contributed by atoms with Gasteiger partial charge >= 0.3 is 0 Å². The molecule has 0 aliphatic carbocycles. The van der Waals surface area contributed by atoms with Crippen LogP contribution < -0.4 is 4.74 Å². The molecule has 16 heavy (non-hydrogen) atoms. The first kappa shape index (κ1) is 12.8. The highest BCUT2D eigenvalue weighted by atomic mass is 16.5. The van der Waals surface area contributed by atoms with Crippen LogP contribution in [0.4, 0.5) is 0 Å². The molecule has 88 valence electrons. The fourth-order valence-corrected chi connectivity index (χ4v) is 1.67. The van der Waals surface area contributed by atoms with Gasteiger partial charge in [-0.25, -0.2) is 0 Å². The van der Waals surface area contributed by atoms with Gasteiger partial charge in [0, 0.05) is 11.1 Å². The molecule has 0 aliphatic heterocycles. The quantitative estimate of drug-likeness (QED) is 0.727. The highest BCUT2D eigenvalue weighted by Gasteiger charge is 2.20. The molecule has 0 heterocycles. The summed E-state index contributed by atoms with van der Waals surface area (Å²) in [6.07, 6.45) is 2.88. The lowest BCUT2D eigenvalue weighted by Gasteiger charge is -2.24. The molecule has 1 rings (SSSR count). The molecule has 0 N–H and O–H groups in total. The minimum atomic E-state index is 0.0993. The number of hydrogen-bond donors (Lipinski definition) is 0. The molecule has 0 saturated carbocycles. The summed E-state index contributed by atoms with van der Waals surface area (Å²) in [5.41, 5.74) is 2.43. The predicted molar refractivity (Wildman–Crippen MR) is 71.0 cm³/mol. The van der Waals surface area contributed by atoms with Crippen molar-refractivity contribution in [3.8, 4) is 5.75 Å². The minimum absolute atomic E-state index is 0.0993. The van der Waals surface area contributed by atoms with Crippen LogP contribution in [-0.2, 0) is 5.41 Å².